The predicted octanol–water partition coefficient (Wildman–Crippen LogP) is 8.74. The minimum absolute atomic E-state index is 0.0236. The average molecular weight is 957 g/mol. The first-order valence-corrected chi connectivity index (χ1v) is 23.0. The van der Waals surface area contributed by atoms with Gasteiger partial charge in [-0.3, -0.25) is 4.90 Å². The summed E-state index contributed by atoms with van der Waals surface area (Å²) in [5, 5.41) is 12.3. The lowest BCUT2D eigenvalue weighted by Crippen LogP contribution is -2.45. The van der Waals surface area contributed by atoms with Crippen LogP contribution in [0.25, 0.3) is 49.2 Å². The molecule has 0 amide bonds. The van der Waals surface area contributed by atoms with Crippen LogP contribution in [0.1, 0.15) is 25.1 Å². The lowest BCUT2D eigenvalue weighted by Gasteiger charge is -2.32. The van der Waals surface area contributed by atoms with Crippen LogP contribution in [0.3, 0.4) is 0 Å². The van der Waals surface area contributed by atoms with E-state index in [4.69, 9.17) is 45.0 Å². The number of benzene rings is 5. The molecule has 1 N–H and O–H groups in total. The van der Waals surface area contributed by atoms with E-state index in [9.17, 15) is 9.59 Å². The Labute approximate surface area is 401 Å². The predicted molar refractivity (Wildman–Crippen MR) is 259 cm³/mol. The second kappa shape index (κ2) is 20.9. The maximum Gasteiger partial charge on any atom is 0.511 e. The fourth-order valence-corrected chi connectivity index (χ4v) is 8.91. The van der Waals surface area contributed by atoms with E-state index in [2.05, 4.69) is 37.2 Å². The SMILES string of the molecule is CCOC(=O)OC(C)OC(=O)C(Cc1ccccc1OCc1ccnc(-c2ccccc2OC)n1)Nc1ncnn2cc3c4ccc(F)cc4c4c(Cl)c(OCCN5CCN(C)CC5)ccc4c3c12. The van der Waals surface area contributed by atoms with Crippen LogP contribution < -0.4 is 19.5 Å². The monoisotopic (exact) mass is 956 g/mol. The molecule has 1 fully saturated rings. The number of piperazine rings is 1. The zero-order valence-corrected chi connectivity index (χ0v) is 39.2. The van der Waals surface area contributed by atoms with Crippen molar-refractivity contribution in [2.75, 3.05) is 65.4 Å². The first-order valence-electron chi connectivity index (χ1n) is 22.6. The van der Waals surface area contributed by atoms with Gasteiger partial charge in [-0.15, -0.1) is 0 Å². The highest BCUT2D eigenvalue weighted by Crippen LogP contribution is 2.45. The number of fused-ring (bicyclic) bond motifs is 8. The van der Waals surface area contributed by atoms with Crippen LogP contribution in [-0.4, -0.2) is 119 Å². The normalized spacial score (nSPS) is 14.2. The average Bonchev–Trinajstić information content (AvgIpc) is 3.75. The second-order valence-corrected chi connectivity index (χ2v) is 16.9. The first kappa shape index (κ1) is 46.8. The number of anilines is 1. The van der Waals surface area contributed by atoms with Crippen LogP contribution in [0, 0.1) is 5.82 Å². The van der Waals surface area contributed by atoms with Crippen LogP contribution in [0.15, 0.2) is 104 Å². The van der Waals surface area contributed by atoms with Crippen LogP contribution in [-0.2, 0) is 32.0 Å². The molecule has 2 unspecified atom stereocenters. The number of halogens is 2. The third-order valence-corrected chi connectivity index (χ3v) is 12.4. The Bertz CT molecular complexity index is 3170. The Hall–Kier alpha value is -7.34. The number of nitrogens with zero attached hydrogens (tertiary/aromatic N) is 7. The number of likely N-dealkylation sites (N-methyl/N-ethyl adjacent to an activating group) is 1. The van der Waals surface area contributed by atoms with Crippen molar-refractivity contribution in [3.05, 3.63) is 126 Å². The molecule has 0 saturated carbocycles. The number of carbonyl (C=O) groups excluding carboxylic acids is 2. The molecule has 4 heterocycles. The molecular weight excluding hydrogens is 907 g/mol. The van der Waals surface area contributed by atoms with E-state index in [1.165, 1.54) is 25.4 Å². The van der Waals surface area contributed by atoms with Gasteiger partial charge in [0, 0.05) is 74.6 Å². The molecule has 9 rings (SSSR count). The van der Waals surface area contributed by atoms with Gasteiger partial charge in [0.05, 0.1) is 30.0 Å². The van der Waals surface area contributed by atoms with Crippen molar-refractivity contribution < 1.29 is 42.4 Å². The molecule has 69 heavy (non-hydrogen) atoms. The van der Waals surface area contributed by atoms with Crippen molar-refractivity contribution in [2.24, 2.45) is 0 Å². The van der Waals surface area contributed by atoms with E-state index in [0.29, 0.717) is 73.0 Å². The van der Waals surface area contributed by atoms with Gasteiger partial charge >= 0.3 is 12.1 Å². The number of nitrogens with one attached hydrogen (secondary N) is 1. The number of carbonyl (C=O) groups is 2. The molecule has 0 bridgehead atoms. The topological polar surface area (TPSA) is 164 Å². The zero-order chi connectivity index (χ0) is 48.0. The molecule has 3 aromatic heterocycles. The van der Waals surface area contributed by atoms with Crippen molar-refractivity contribution in [3.8, 4) is 28.6 Å². The number of esters is 1. The highest BCUT2D eigenvalue weighted by Gasteiger charge is 2.29. The Morgan fingerprint density at radius 3 is 2.45 bits per heavy atom. The molecule has 2 atom stereocenters. The molecule has 18 heteroatoms. The van der Waals surface area contributed by atoms with Crippen LogP contribution in [0.4, 0.5) is 15.0 Å². The number of aromatic nitrogens is 5. The molecule has 5 aromatic carbocycles. The number of hydrogen-bond donors (Lipinski definition) is 1. The number of rotatable bonds is 17. The van der Waals surface area contributed by atoms with Crippen LogP contribution in [0.2, 0.25) is 5.02 Å². The Morgan fingerprint density at radius 1 is 0.855 bits per heavy atom. The quantitative estimate of drug-likeness (QED) is 0.0523. The third kappa shape index (κ3) is 10.3. The van der Waals surface area contributed by atoms with Gasteiger partial charge in [-0.05, 0) is 84.2 Å². The number of hydrogen-bond acceptors (Lipinski definition) is 15. The van der Waals surface area contributed by atoms with Crippen molar-refractivity contribution in [1.29, 1.82) is 0 Å². The summed E-state index contributed by atoms with van der Waals surface area (Å²) in [4.78, 5) is 45.1. The molecular formula is C51H50ClFN8O8. The summed E-state index contributed by atoms with van der Waals surface area (Å²) in [6.45, 7) is 8.22. The summed E-state index contributed by atoms with van der Waals surface area (Å²) >= 11 is 7.27. The molecule has 8 aromatic rings. The number of para-hydroxylation sites is 2. The van der Waals surface area contributed by atoms with Gasteiger partial charge < -0.3 is 38.6 Å². The smallest absolute Gasteiger partial charge is 0.496 e. The molecule has 1 aliphatic heterocycles. The van der Waals surface area contributed by atoms with E-state index in [1.807, 2.05) is 60.8 Å². The molecule has 0 aliphatic carbocycles. The van der Waals surface area contributed by atoms with Crippen LogP contribution in [0.5, 0.6) is 17.2 Å². The van der Waals surface area contributed by atoms with Crippen molar-refractivity contribution in [2.45, 2.75) is 39.2 Å². The summed E-state index contributed by atoms with van der Waals surface area (Å²) in [7, 11) is 3.71. The maximum atomic E-state index is 15.1. The molecule has 16 nitrogen and oxygen atoms in total. The fraction of sp³-hybridized carbons (Fsp3) is 0.294. The fourth-order valence-electron chi connectivity index (χ4n) is 8.58. The van der Waals surface area contributed by atoms with Crippen molar-refractivity contribution >= 4 is 67.4 Å². The Kier molecular flexibility index (Phi) is 14.2. The lowest BCUT2D eigenvalue weighted by molar-refractivity contribution is -0.168. The molecule has 1 saturated heterocycles. The van der Waals surface area contributed by atoms with Gasteiger partial charge in [0.2, 0.25) is 6.29 Å². The molecule has 0 spiro atoms. The minimum atomic E-state index is -1.31. The highest BCUT2D eigenvalue weighted by molar-refractivity contribution is 6.43. The maximum absolute atomic E-state index is 15.1. The van der Waals surface area contributed by atoms with E-state index < -0.39 is 30.3 Å². The van der Waals surface area contributed by atoms with Crippen LogP contribution >= 0.6 is 11.6 Å². The van der Waals surface area contributed by atoms with Gasteiger partial charge in [-0.2, -0.15) is 5.10 Å². The van der Waals surface area contributed by atoms with Gasteiger partial charge in [-0.25, -0.2) is 33.4 Å². The number of methoxy groups -OCH3 is 1. The second-order valence-electron chi connectivity index (χ2n) is 16.5. The molecule has 1 aliphatic rings. The standard InChI is InChI=1S/C51H50ClFN8O8/c1-5-65-51(63)69-31(2)68-50(62)40(26-32-10-6-8-12-41(32)67-29-34-18-19-54-48(57-34)36-11-7-9-13-42(36)64-4)58-49-47-45-37-16-17-43(66-25-24-60-22-20-59(3)21-23-60)46(52)44(37)38-27-33(53)14-15-35(38)39(45)28-61(47)56-30-55-49/h6-19,27-28,30-31,40H,5,20-26,29H2,1-4H3,(H,55,56,58). The lowest BCUT2D eigenvalue weighted by atomic mass is 9.95. The third-order valence-electron chi connectivity index (χ3n) is 12.0. The molecule has 356 valence electrons. The Morgan fingerprint density at radius 2 is 1.64 bits per heavy atom. The summed E-state index contributed by atoms with van der Waals surface area (Å²) < 4.78 is 50.9. The summed E-state index contributed by atoms with van der Waals surface area (Å²) in [6, 6.07) is 23.7. The van der Waals surface area contributed by atoms with E-state index in [-0.39, 0.29) is 25.5 Å². The first-order chi connectivity index (χ1) is 33.6. The zero-order valence-electron chi connectivity index (χ0n) is 38.5. The minimum Gasteiger partial charge on any atom is -0.496 e. The van der Waals surface area contributed by atoms with Crippen molar-refractivity contribution in [1.82, 2.24) is 34.4 Å². The number of ether oxygens (including phenoxy) is 6. The molecule has 0 radical (unpaired) electrons. The van der Waals surface area contributed by atoms with Gasteiger partial charge in [-0.1, -0.05) is 48.0 Å². The van der Waals surface area contributed by atoms with Gasteiger partial charge in [0.25, 0.3) is 0 Å². The van der Waals surface area contributed by atoms with E-state index in [0.717, 1.165) is 49.1 Å². The summed E-state index contributed by atoms with van der Waals surface area (Å²) in [6.07, 6.45) is 2.59. The summed E-state index contributed by atoms with van der Waals surface area (Å²) in [5.41, 5.74) is 2.49. The highest BCUT2D eigenvalue weighted by atomic mass is 35.5. The summed E-state index contributed by atoms with van der Waals surface area (Å²) in [5.74, 6) is 1.15. The van der Waals surface area contributed by atoms with Crippen molar-refractivity contribution in [3.63, 3.8) is 0 Å². The van der Waals surface area contributed by atoms with Gasteiger partial charge in [0.15, 0.2) is 11.6 Å². The van der Waals surface area contributed by atoms with Gasteiger partial charge in [0.1, 0.15) is 54.2 Å². The Balaban J connectivity index is 1.07. The van der Waals surface area contributed by atoms with E-state index in [1.54, 1.807) is 42.9 Å². The largest absolute Gasteiger partial charge is 0.511 e. The van der Waals surface area contributed by atoms with E-state index >= 15 is 4.39 Å².